The first-order valence-electron chi connectivity index (χ1n) is 10.1. The molecule has 1 aliphatic heterocycles. The van der Waals surface area contributed by atoms with Gasteiger partial charge in [0.05, 0.1) is 12.3 Å². The van der Waals surface area contributed by atoms with Gasteiger partial charge in [-0.3, -0.25) is 14.2 Å². The number of hydrogen-bond donors (Lipinski definition) is 0. The van der Waals surface area contributed by atoms with Gasteiger partial charge in [0, 0.05) is 12.2 Å². The molecule has 1 amide bonds. The first-order valence-corrected chi connectivity index (χ1v) is 10.1. The summed E-state index contributed by atoms with van der Waals surface area (Å²) in [5.74, 6) is 0.583. The Hall–Kier alpha value is -4.01. The van der Waals surface area contributed by atoms with Crippen molar-refractivity contribution >= 4 is 22.8 Å². The standard InChI is InChI=1S/C22H20N6O3/c1-2-31-17-9-7-16(8-10-17)28-21-20(24-25-28)22(30)26(14-23-21)13-19(29)27-12-11-15-5-3-4-6-18(15)27/h3-10,14H,2,11-13H2,1H3. The fourth-order valence-electron chi connectivity index (χ4n) is 3.81. The summed E-state index contributed by atoms with van der Waals surface area (Å²) in [5.41, 5.74) is 2.80. The topological polar surface area (TPSA) is 95.1 Å². The predicted octanol–water partition coefficient (Wildman–Crippen LogP) is 1.97. The molecule has 31 heavy (non-hydrogen) atoms. The van der Waals surface area contributed by atoms with E-state index in [9.17, 15) is 9.59 Å². The number of para-hydroxylation sites is 1. The Bertz CT molecular complexity index is 1330. The Balaban J connectivity index is 1.42. The van der Waals surface area contributed by atoms with E-state index in [1.54, 1.807) is 4.90 Å². The van der Waals surface area contributed by atoms with Gasteiger partial charge in [-0.25, -0.2) is 4.98 Å². The van der Waals surface area contributed by atoms with Crippen LogP contribution in [0.2, 0.25) is 0 Å². The number of benzene rings is 2. The molecule has 0 N–H and O–H groups in total. The summed E-state index contributed by atoms with van der Waals surface area (Å²) in [6.07, 6.45) is 2.18. The molecule has 3 heterocycles. The average molecular weight is 416 g/mol. The number of fused-ring (bicyclic) bond motifs is 2. The number of hydrogen-bond acceptors (Lipinski definition) is 6. The molecule has 0 radical (unpaired) electrons. The van der Waals surface area contributed by atoms with E-state index in [-0.39, 0.29) is 18.0 Å². The van der Waals surface area contributed by atoms with Crippen LogP contribution in [-0.2, 0) is 17.8 Å². The number of nitrogens with zero attached hydrogens (tertiary/aromatic N) is 6. The van der Waals surface area contributed by atoms with Crippen LogP contribution in [0, 0.1) is 0 Å². The molecular formula is C22H20N6O3. The third kappa shape index (κ3) is 3.33. The smallest absolute Gasteiger partial charge is 0.284 e. The van der Waals surface area contributed by atoms with Gasteiger partial charge >= 0.3 is 0 Å². The third-order valence-corrected chi connectivity index (χ3v) is 5.32. The molecule has 2 aromatic carbocycles. The lowest BCUT2D eigenvalue weighted by Gasteiger charge is -2.17. The van der Waals surface area contributed by atoms with Gasteiger partial charge in [-0.1, -0.05) is 23.4 Å². The molecule has 156 valence electrons. The number of carbonyl (C=O) groups is 1. The van der Waals surface area contributed by atoms with Crippen LogP contribution in [0.25, 0.3) is 16.9 Å². The molecule has 4 aromatic rings. The third-order valence-electron chi connectivity index (χ3n) is 5.32. The highest BCUT2D eigenvalue weighted by Gasteiger charge is 2.25. The van der Waals surface area contributed by atoms with Gasteiger partial charge in [-0.15, -0.1) is 5.10 Å². The van der Waals surface area contributed by atoms with E-state index in [0.717, 1.165) is 23.4 Å². The van der Waals surface area contributed by atoms with Gasteiger partial charge in [0.1, 0.15) is 18.6 Å². The minimum atomic E-state index is -0.400. The lowest BCUT2D eigenvalue weighted by atomic mass is 10.2. The van der Waals surface area contributed by atoms with Crippen LogP contribution in [0.3, 0.4) is 0 Å². The zero-order chi connectivity index (χ0) is 21.4. The summed E-state index contributed by atoms with van der Waals surface area (Å²) in [6.45, 7) is 3.00. The molecular weight excluding hydrogens is 396 g/mol. The molecule has 0 atom stereocenters. The Morgan fingerprint density at radius 2 is 1.94 bits per heavy atom. The number of ether oxygens (including phenoxy) is 1. The number of rotatable bonds is 5. The Kier molecular flexibility index (Phi) is 4.70. The highest BCUT2D eigenvalue weighted by Crippen LogP contribution is 2.27. The minimum Gasteiger partial charge on any atom is -0.494 e. The Morgan fingerprint density at radius 1 is 1.13 bits per heavy atom. The van der Waals surface area contributed by atoms with Crippen LogP contribution in [0.4, 0.5) is 5.69 Å². The SMILES string of the molecule is CCOc1ccc(-n2nnc3c(=O)n(CC(=O)N4CCc5ccccc54)cnc32)cc1. The lowest BCUT2D eigenvalue weighted by Crippen LogP contribution is -2.35. The zero-order valence-corrected chi connectivity index (χ0v) is 16.9. The van der Waals surface area contributed by atoms with Crippen molar-refractivity contribution in [3.05, 3.63) is 70.8 Å². The van der Waals surface area contributed by atoms with Crippen molar-refractivity contribution in [3.63, 3.8) is 0 Å². The summed E-state index contributed by atoms with van der Waals surface area (Å²) in [6, 6.07) is 15.1. The molecule has 0 aliphatic carbocycles. The number of carbonyl (C=O) groups excluding carboxylic acids is 1. The van der Waals surface area contributed by atoms with Crippen LogP contribution in [0.5, 0.6) is 5.75 Å². The highest BCUT2D eigenvalue weighted by molar-refractivity contribution is 5.95. The largest absolute Gasteiger partial charge is 0.494 e. The lowest BCUT2D eigenvalue weighted by molar-refractivity contribution is -0.119. The number of aromatic nitrogens is 5. The van der Waals surface area contributed by atoms with Gasteiger partial charge in [-0.2, -0.15) is 4.68 Å². The summed E-state index contributed by atoms with van der Waals surface area (Å²) in [5, 5.41) is 8.10. The molecule has 0 saturated carbocycles. The molecule has 0 spiro atoms. The quantitative estimate of drug-likeness (QED) is 0.494. The maximum absolute atomic E-state index is 12.9. The van der Waals surface area contributed by atoms with Crippen LogP contribution < -0.4 is 15.2 Å². The zero-order valence-electron chi connectivity index (χ0n) is 16.9. The predicted molar refractivity (Wildman–Crippen MR) is 115 cm³/mol. The molecule has 9 nitrogen and oxygen atoms in total. The second kappa shape index (κ2) is 7.67. The van der Waals surface area contributed by atoms with E-state index in [1.165, 1.54) is 15.6 Å². The van der Waals surface area contributed by atoms with Crippen molar-refractivity contribution in [1.82, 2.24) is 24.5 Å². The van der Waals surface area contributed by atoms with Crippen LogP contribution in [-0.4, -0.2) is 43.6 Å². The van der Waals surface area contributed by atoms with Gasteiger partial charge in [0.2, 0.25) is 5.91 Å². The van der Waals surface area contributed by atoms with Crippen LogP contribution in [0.15, 0.2) is 59.7 Å². The fraction of sp³-hybridized carbons (Fsp3) is 0.227. The van der Waals surface area contributed by atoms with E-state index in [2.05, 4.69) is 15.3 Å². The first kappa shape index (κ1) is 19.0. The van der Waals surface area contributed by atoms with Crippen molar-refractivity contribution in [2.45, 2.75) is 19.9 Å². The molecule has 9 heteroatoms. The number of anilines is 1. The van der Waals surface area contributed by atoms with E-state index in [1.807, 2.05) is 55.5 Å². The van der Waals surface area contributed by atoms with Crippen molar-refractivity contribution in [2.75, 3.05) is 18.1 Å². The van der Waals surface area contributed by atoms with Gasteiger partial charge in [0.15, 0.2) is 11.2 Å². The molecule has 0 bridgehead atoms. The van der Waals surface area contributed by atoms with Crippen molar-refractivity contribution in [3.8, 4) is 11.4 Å². The second-order valence-electron chi connectivity index (χ2n) is 7.20. The second-order valence-corrected chi connectivity index (χ2v) is 7.20. The van der Waals surface area contributed by atoms with Crippen molar-refractivity contribution in [1.29, 1.82) is 0 Å². The summed E-state index contributed by atoms with van der Waals surface area (Å²) in [4.78, 5) is 31.9. The molecule has 1 aliphatic rings. The average Bonchev–Trinajstić information content (AvgIpc) is 3.41. The van der Waals surface area contributed by atoms with Crippen molar-refractivity contribution in [2.24, 2.45) is 0 Å². The maximum atomic E-state index is 12.9. The van der Waals surface area contributed by atoms with E-state index >= 15 is 0 Å². The summed E-state index contributed by atoms with van der Waals surface area (Å²) in [7, 11) is 0. The summed E-state index contributed by atoms with van der Waals surface area (Å²) < 4.78 is 8.23. The summed E-state index contributed by atoms with van der Waals surface area (Å²) >= 11 is 0. The van der Waals surface area contributed by atoms with E-state index in [0.29, 0.717) is 24.5 Å². The molecule has 0 unspecified atom stereocenters. The molecule has 5 rings (SSSR count). The van der Waals surface area contributed by atoms with Crippen LogP contribution >= 0.6 is 0 Å². The normalized spacial score (nSPS) is 12.9. The van der Waals surface area contributed by atoms with Crippen LogP contribution in [0.1, 0.15) is 12.5 Å². The Morgan fingerprint density at radius 3 is 2.74 bits per heavy atom. The van der Waals surface area contributed by atoms with E-state index in [4.69, 9.17) is 4.74 Å². The maximum Gasteiger partial charge on any atom is 0.284 e. The molecule has 0 fully saturated rings. The Labute approximate surface area is 177 Å². The van der Waals surface area contributed by atoms with E-state index < -0.39 is 5.56 Å². The van der Waals surface area contributed by atoms with Gasteiger partial charge in [-0.05, 0) is 49.2 Å². The monoisotopic (exact) mass is 416 g/mol. The van der Waals surface area contributed by atoms with Gasteiger partial charge < -0.3 is 9.64 Å². The highest BCUT2D eigenvalue weighted by atomic mass is 16.5. The molecule has 0 saturated heterocycles. The van der Waals surface area contributed by atoms with Gasteiger partial charge in [0.25, 0.3) is 5.56 Å². The molecule has 2 aromatic heterocycles. The fourth-order valence-corrected chi connectivity index (χ4v) is 3.81. The first-order chi connectivity index (χ1) is 15.2. The van der Waals surface area contributed by atoms with Crippen molar-refractivity contribution < 1.29 is 9.53 Å². The minimum absolute atomic E-state index is 0.105. The number of amides is 1.